The molecule has 0 N–H and O–H groups in total. The lowest BCUT2D eigenvalue weighted by Gasteiger charge is -2.37. The summed E-state index contributed by atoms with van der Waals surface area (Å²) in [5, 5.41) is 8.38. The molecule has 1 aromatic heterocycles. The molecule has 0 amide bonds. The maximum absolute atomic E-state index is 5.40. The summed E-state index contributed by atoms with van der Waals surface area (Å²) in [6.07, 6.45) is 1.77. The lowest BCUT2D eigenvalue weighted by Crippen LogP contribution is -2.47. The number of aromatic nitrogens is 3. The predicted octanol–water partition coefficient (Wildman–Crippen LogP) is 1.34. The second-order valence-electron chi connectivity index (χ2n) is 6.53. The highest BCUT2D eigenvalue weighted by Crippen LogP contribution is 2.21. The van der Waals surface area contributed by atoms with Gasteiger partial charge < -0.3 is 19.4 Å². The summed E-state index contributed by atoms with van der Waals surface area (Å²) < 4.78 is 5.40. The number of morpholine rings is 1. The quantitative estimate of drug-likeness (QED) is 0.836. The van der Waals surface area contributed by atoms with Gasteiger partial charge in [0.1, 0.15) is 0 Å². The van der Waals surface area contributed by atoms with Crippen molar-refractivity contribution < 1.29 is 4.74 Å². The van der Waals surface area contributed by atoms with Crippen molar-refractivity contribution in [1.82, 2.24) is 15.2 Å². The number of rotatable bonds is 3. The van der Waals surface area contributed by atoms with Crippen molar-refractivity contribution >= 4 is 17.5 Å². The second kappa shape index (κ2) is 7.23. The molecule has 4 rings (SSSR count). The SMILES string of the molecule is Cc1cccc(N2CCN(c3cnnc(N4CCOCC4)n3)CC2)c1. The molecule has 7 heteroatoms. The maximum atomic E-state index is 5.40. The van der Waals surface area contributed by atoms with E-state index >= 15 is 0 Å². The number of nitrogens with zero attached hydrogens (tertiary/aromatic N) is 6. The lowest BCUT2D eigenvalue weighted by atomic mass is 10.2. The molecular weight excluding hydrogens is 316 g/mol. The minimum absolute atomic E-state index is 0.710. The number of aryl methyl sites for hydroxylation is 1. The van der Waals surface area contributed by atoms with Crippen LogP contribution in [0.1, 0.15) is 5.56 Å². The third-order valence-electron chi connectivity index (χ3n) is 4.80. The third kappa shape index (κ3) is 3.66. The summed E-state index contributed by atoms with van der Waals surface area (Å²) in [6.45, 7) is 9.09. The van der Waals surface area contributed by atoms with Crippen LogP contribution in [0.3, 0.4) is 0 Å². The van der Waals surface area contributed by atoms with Crippen LogP contribution in [0, 0.1) is 6.92 Å². The summed E-state index contributed by atoms with van der Waals surface area (Å²) >= 11 is 0. The fourth-order valence-electron chi connectivity index (χ4n) is 3.35. The Morgan fingerprint density at radius 1 is 0.920 bits per heavy atom. The van der Waals surface area contributed by atoms with Crippen molar-refractivity contribution in [3.63, 3.8) is 0 Å². The van der Waals surface area contributed by atoms with Crippen LogP contribution in [0.4, 0.5) is 17.5 Å². The zero-order chi connectivity index (χ0) is 17.1. The number of benzene rings is 1. The Morgan fingerprint density at radius 3 is 2.44 bits per heavy atom. The topological polar surface area (TPSA) is 57.6 Å². The molecule has 3 heterocycles. The largest absolute Gasteiger partial charge is 0.378 e. The molecular formula is C18H24N6O. The van der Waals surface area contributed by atoms with Crippen LogP contribution in [-0.2, 0) is 4.74 Å². The highest BCUT2D eigenvalue weighted by molar-refractivity contribution is 5.51. The Hall–Kier alpha value is -2.41. The van der Waals surface area contributed by atoms with E-state index in [1.807, 2.05) is 0 Å². The first-order valence-electron chi connectivity index (χ1n) is 8.88. The van der Waals surface area contributed by atoms with Crippen LogP contribution in [0.15, 0.2) is 30.5 Å². The normalized spacial score (nSPS) is 18.5. The third-order valence-corrected chi connectivity index (χ3v) is 4.80. The first-order valence-corrected chi connectivity index (χ1v) is 8.88. The van der Waals surface area contributed by atoms with Gasteiger partial charge in [-0.15, -0.1) is 5.10 Å². The van der Waals surface area contributed by atoms with Gasteiger partial charge in [-0.25, -0.2) is 0 Å². The Balaban J connectivity index is 1.42. The average Bonchev–Trinajstić information content (AvgIpc) is 2.69. The Morgan fingerprint density at radius 2 is 1.68 bits per heavy atom. The van der Waals surface area contributed by atoms with Gasteiger partial charge in [-0.1, -0.05) is 12.1 Å². The van der Waals surface area contributed by atoms with E-state index in [2.05, 4.69) is 56.1 Å². The molecule has 0 spiro atoms. The molecule has 132 valence electrons. The van der Waals surface area contributed by atoms with E-state index in [9.17, 15) is 0 Å². The van der Waals surface area contributed by atoms with Gasteiger partial charge in [0.15, 0.2) is 5.82 Å². The van der Waals surface area contributed by atoms with Crippen molar-refractivity contribution in [3.05, 3.63) is 36.0 Å². The predicted molar refractivity (Wildman–Crippen MR) is 98.5 cm³/mol. The summed E-state index contributed by atoms with van der Waals surface area (Å²) in [7, 11) is 0. The summed E-state index contributed by atoms with van der Waals surface area (Å²) in [5.41, 5.74) is 2.60. The minimum atomic E-state index is 0.710. The van der Waals surface area contributed by atoms with Gasteiger partial charge in [-0.2, -0.15) is 10.1 Å². The molecule has 7 nitrogen and oxygen atoms in total. The average molecular weight is 340 g/mol. The Bertz CT molecular complexity index is 710. The van der Waals surface area contributed by atoms with Crippen molar-refractivity contribution in [2.45, 2.75) is 6.92 Å². The van der Waals surface area contributed by atoms with E-state index in [-0.39, 0.29) is 0 Å². The summed E-state index contributed by atoms with van der Waals surface area (Å²) in [6, 6.07) is 8.70. The molecule has 25 heavy (non-hydrogen) atoms. The minimum Gasteiger partial charge on any atom is -0.378 e. The van der Waals surface area contributed by atoms with Gasteiger partial charge in [0.25, 0.3) is 0 Å². The van der Waals surface area contributed by atoms with E-state index in [4.69, 9.17) is 9.72 Å². The molecule has 2 aromatic rings. The molecule has 2 aliphatic heterocycles. The van der Waals surface area contributed by atoms with Gasteiger partial charge in [0, 0.05) is 45.0 Å². The van der Waals surface area contributed by atoms with Crippen molar-refractivity contribution in [2.24, 2.45) is 0 Å². The van der Waals surface area contributed by atoms with Crippen molar-refractivity contribution in [3.8, 4) is 0 Å². The molecule has 2 fully saturated rings. The van der Waals surface area contributed by atoms with Crippen molar-refractivity contribution in [2.75, 3.05) is 67.2 Å². The van der Waals surface area contributed by atoms with Gasteiger partial charge in [0.2, 0.25) is 5.95 Å². The van der Waals surface area contributed by atoms with Gasteiger partial charge in [-0.05, 0) is 24.6 Å². The summed E-state index contributed by atoms with van der Waals surface area (Å²) in [4.78, 5) is 11.6. The van der Waals surface area contributed by atoms with Crippen LogP contribution in [0.2, 0.25) is 0 Å². The molecule has 0 aliphatic carbocycles. The van der Waals surface area contributed by atoms with E-state index in [1.54, 1.807) is 6.20 Å². The zero-order valence-corrected chi connectivity index (χ0v) is 14.6. The smallest absolute Gasteiger partial charge is 0.247 e. The van der Waals surface area contributed by atoms with Gasteiger partial charge in [0.05, 0.1) is 19.4 Å². The first kappa shape index (κ1) is 16.1. The van der Waals surface area contributed by atoms with Crippen LogP contribution < -0.4 is 14.7 Å². The van der Waals surface area contributed by atoms with E-state index in [1.165, 1.54) is 11.3 Å². The van der Waals surface area contributed by atoms with E-state index < -0.39 is 0 Å². The van der Waals surface area contributed by atoms with E-state index in [0.29, 0.717) is 5.95 Å². The molecule has 0 bridgehead atoms. The van der Waals surface area contributed by atoms with Crippen LogP contribution in [0.5, 0.6) is 0 Å². The van der Waals surface area contributed by atoms with Gasteiger partial charge in [-0.3, -0.25) is 0 Å². The highest BCUT2D eigenvalue weighted by atomic mass is 16.5. The summed E-state index contributed by atoms with van der Waals surface area (Å²) in [5.74, 6) is 1.63. The number of ether oxygens (including phenoxy) is 1. The van der Waals surface area contributed by atoms with Crippen LogP contribution in [-0.4, -0.2) is 67.7 Å². The number of piperazine rings is 1. The monoisotopic (exact) mass is 340 g/mol. The number of hydrogen-bond acceptors (Lipinski definition) is 7. The molecule has 1 aromatic carbocycles. The zero-order valence-electron chi connectivity index (χ0n) is 14.6. The molecule has 2 aliphatic rings. The number of anilines is 3. The molecule has 0 unspecified atom stereocenters. The van der Waals surface area contributed by atoms with Crippen LogP contribution >= 0.6 is 0 Å². The second-order valence-corrected chi connectivity index (χ2v) is 6.53. The lowest BCUT2D eigenvalue weighted by molar-refractivity contribution is 0.122. The van der Waals surface area contributed by atoms with Crippen molar-refractivity contribution in [1.29, 1.82) is 0 Å². The molecule has 0 atom stereocenters. The standard InChI is InChI=1S/C18H24N6O/c1-15-3-2-4-16(13-15)22-5-7-23(8-6-22)17-14-19-21-18(20-17)24-9-11-25-12-10-24/h2-4,13-14H,5-12H2,1H3. The Kier molecular flexibility index (Phi) is 4.65. The van der Waals surface area contributed by atoms with Crippen LogP contribution in [0.25, 0.3) is 0 Å². The van der Waals surface area contributed by atoms with E-state index in [0.717, 1.165) is 58.3 Å². The maximum Gasteiger partial charge on any atom is 0.247 e. The van der Waals surface area contributed by atoms with Gasteiger partial charge >= 0.3 is 0 Å². The highest BCUT2D eigenvalue weighted by Gasteiger charge is 2.21. The molecule has 0 saturated carbocycles. The Labute approximate surface area is 148 Å². The molecule has 2 saturated heterocycles. The number of hydrogen-bond donors (Lipinski definition) is 0. The fourth-order valence-corrected chi connectivity index (χ4v) is 3.35. The molecule has 0 radical (unpaired) electrons. The fraction of sp³-hybridized carbons (Fsp3) is 0.500. The first-order chi connectivity index (χ1) is 12.3.